The molecule has 132 valence electrons. The van der Waals surface area contributed by atoms with Crippen LogP contribution in [0.1, 0.15) is 15.9 Å². The van der Waals surface area contributed by atoms with E-state index >= 15 is 0 Å². The van der Waals surface area contributed by atoms with Gasteiger partial charge in [-0.05, 0) is 42.8 Å². The van der Waals surface area contributed by atoms with Crippen LogP contribution in [-0.2, 0) is 0 Å². The van der Waals surface area contributed by atoms with Crippen molar-refractivity contribution in [3.63, 3.8) is 0 Å². The van der Waals surface area contributed by atoms with Gasteiger partial charge in [0.1, 0.15) is 5.75 Å². The number of anilines is 3. The number of ether oxygens (including phenoxy) is 1. The molecule has 0 saturated carbocycles. The quantitative estimate of drug-likeness (QED) is 0.662. The summed E-state index contributed by atoms with van der Waals surface area (Å²) in [5.74, 6) is 0.491. The number of benzene rings is 2. The summed E-state index contributed by atoms with van der Waals surface area (Å²) < 4.78 is 5.21. The average Bonchev–Trinajstić information content (AvgIpc) is 2.65. The van der Waals surface area contributed by atoms with E-state index in [4.69, 9.17) is 16.3 Å². The summed E-state index contributed by atoms with van der Waals surface area (Å²) in [5.41, 5.74) is 3.59. The number of halogens is 1. The molecule has 5 nitrogen and oxygen atoms in total. The first-order valence-electron chi connectivity index (χ1n) is 7.99. The molecule has 1 heterocycles. The lowest BCUT2D eigenvalue weighted by atomic mass is 10.2. The van der Waals surface area contributed by atoms with Crippen molar-refractivity contribution in [1.82, 2.24) is 4.98 Å². The van der Waals surface area contributed by atoms with E-state index in [1.54, 1.807) is 31.5 Å². The van der Waals surface area contributed by atoms with Crippen molar-refractivity contribution in [3.8, 4) is 5.75 Å². The minimum atomic E-state index is -0.253. The third-order valence-corrected chi connectivity index (χ3v) is 4.04. The molecule has 1 amide bonds. The Morgan fingerprint density at radius 2 is 1.92 bits per heavy atom. The molecule has 1 aromatic heterocycles. The van der Waals surface area contributed by atoms with E-state index in [9.17, 15) is 4.79 Å². The molecule has 0 aliphatic heterocycles. The standard InChI is InChI=1S/C20H18ClN3O2/c1-13-6-7-15(21)9-19(13)24-20(25)14-8-17(12-22-11-14)23-16-4-3-5-18(10-16)26-2/h3-12,23H,1-2H3,(H,24,25). The lowest BCUT2D eigenvalue weighted by Gasteiger charge is -2.11. The van der Waals surface area contributed by atoms with Crippen LogP contribution in [0.2, 0.25) is 5.02 Å². The van der Waals surface area contributed by atoms with Crippen molar-refractivity contribution in [3.05, 3.63) is 77.1 Å². The largest absolute Gasteiger partial charge is 0.497 e. The minimum absolute atomic E-state index is 0.253. The van der Waals surface area contributed by atoms with E-state index in [1.165, 1.54) is 6.20 Å². The number of amides is 1. The molecule has 0 unspecified atom stereocenters. The van der Waals surface area contributed by atoms with Crippen molar-refractivity contribution in [2.24, 2.45) is 0 Å². The monoisotopic (exact) mass is 367 g/mol. The fourth-order valence-corrected chi connectivity index (χ4v) is 2.60. The SMILES string of the molecule is COc1cccc(Nc2cncc(C(=O)Nc3cc(Cl)ccc3C)c2)c1. The normalized spacial score (nSPS) is 10.3. The predicted octanol–water partition coefficient (Wildman–Crippen LogP) is 5.05. The number of nitrogens with one attached hydrogen (secondary N) is 2. The van der Waals surface area contributed by atoms with Crippen molar-refractivity contribution in [2.75, 3.05) is 17.7 Å². The molecule has 2 N–H and O–H groups in total. The van der Waals surface area contributed by atoms with Crippen LogP contribution in [0.4, 0.5) is 17.1 Å². The van der Waals surface area contributed by atoms with Crippen molar-refractivity contribution in [1.29, 1.82) is 0 Å². The molecule has 3 aromatic rings. The van der Waals surface area contributed by atoms with E-state index in [0.29, 0.717) is 22.0 Å². The summed E-state index contributed by atoms with van der Waals surface area (Å²) in [4.78, 5) is 16.7. The first-order valence-corrected chi connectivity index (χ1v) is 8.36. The van der Waals surface area contributed by atoms with Gasteiger partial charge in [-0.3, -0.25) is 9.78 Å². The Morgan fingerprint density at radius 1 is 1.08 bits per heavy atom. The van der Waals surface area contributed by atoms with Gasteiger partial charge in [0, 0.05) is 28.7 Å². The van der Waals surface area contributed by atoms with Gasteiger partial charge in [0.25, 0.3) is 5.91 Å². The van der Waals surface area contributed by atoms with Gasteiger partial charge in [-0.1, -0.05) is 23.7 Å². The smallest absolute Gasteiger partial charge is 0.257 e. The first-order chi connectivity index (χ1) is 12.5. The van der Waals surface area contributed by atoms with Crippen molar-refractivity contribution >= 4 is 34.6 Å². The number of rotatable bonds is 5. The summed E-state index contributed by atoms with van der Waals surface area (Å²) in [6.07, 6.45) is 3.17. The number of carbonyl (C=O) groups excluding carboxylic acids is 1. The van der Waals surface area contributed by atoms with Crippen molar-refractivity contribution in [2.45, 2.75) is 6.92 Å². The summed E-state index contributed by atoms with van der Waals surface area (Å²) in [6.45, 7) is 1.91. The van der Waals surface area contributed by atoms with Crippen LogP contribution < -0.4 is 15.4 Å². The highest BCUT2D eigenvalue weighted by molar-refractivity contribution is 6.31. The van der Waals surface area contributed by atoms with Gasteiger partial charge < -0.3 is 15.4 Å². The molecule has 26 heavy (non-hydrogen) atoms. The Hall–Kier alpha value is -3.05. The number of aromatic nitrogens is 1. The van der Waals surface area contributed by atoms with Crippen LogP contribution in [0.25, 0.3) is 0 Å². The van der Waals surface area contributed by atoms with Gasteiger partial charge in [-0.2, -0.15) is 0 Å². The molecule has 6 heteroatoms. The highest BCUT2D eigenvalue weighted by Crippen LogP contribution is 2.23. The van der Waals surface area contributed by atoms with Gasteiger partial charge in [-0.15, -0.1) is 0 Å². The zero-order chi connectivity index (χ0) is 18.5. The van der Waals surface area contributed by atoms with Gasteiger partial charge in [0.2, 0.25) is 0 Å². The van der Waals surface area contributed by atoms with Crippen LogP contribution in [0.3, 0.4) is 0 Å². The summed E-state index contributed by atoms with van der Waals surface area (Å²) in [5, 5.41) is 6.65. The number of hydrogen-bond acceptors (Lipinski definition) is 4. The van der Waals surface area contributed by atoms with Crippen LogP contribution in [0.5, 0.6) is 5.75 Å². The second kappa shape index (κ2) is 7.89. The van der Waals surface area contributed by atoms with E-state index in [2.05, 4.69) is 15.6 Å². The number of aryl methyl sites for hydroxylation is 1. The minimum Gasteiger partial charge on any atom is -0.497 e. The average molecular weight is 368 g/mol. The van der Waals surface area contributed by atoms with Crippen molar-refractivity contribution < 1.29 is 9.53 Å². The Kier molecular flexibility index (Phi) is 5.39. The van der Waals surface area contributed by atoms with Crippen LogP contribution in [0, 0.1) is 6.92 Å². The maximum atomic E-state index is 12.5. The molecular formula is C20H18ClN3O2. The number of carbonyl (C=O) groups is 1. The van der Waals surface area contributed by atoms with Gasteiger partial charge in [0.05, 0.1) is 24.6 Å². The summed E-state index contributed by atoms with van der Waals surface area (Å²) in [7, 11) is 1.61. The molecule has 2 aromatic carbocycles. The maximum Gasteiger partial charge on any atom is 0.257 e. The zero-order valence-electron chi connectivity index (χ0n) is 14.4. The Labute approximate surface area is 157 Å². The summed E-state index contributed by atoms with van der Waals surface area (Å²) in [6, 6.07) is 14.6. The maximum absolute atomic E-state index is 12.5. The van der Waals surface area contributed by atoms with E-state index in [0.717, 1.165) is 17.0 Å². The molecule has 0 aliphatic rings. The van der Waals surface area contributed by atoms with Gasteiger partial charge in [-0.25, -0.2) is 0 Å². The third-order valence-electron chi connectivity index (χ3n) is 3.81. The van der Waals surface area contributed by atoms with Crippen LogP contribution >= 0.6 is 11.6 Å². The lowest BCUT2D eigenvalue weighted by molar-refractivity contribution is 0.102. The number of hydrogen-bond donors (Lipinski definition) is 2. The second-order valence-electron chi connectivity index (χ2n) is 5.73. The number of nitrogens with zero attached hydrogens (tertiary/aromatic N) is 1. The summed E-state index contributed by atoms with van der Waals surface area (Å²) >= 11 is 6.00. The molecule has 3 rings (SSSR count). The molecule has 0 spiro atoms. The first kappa shape index (κ1) is 17.8. The Morgan fingerprint density at radius 3 is 2.73 bits per heavy atom. The Bertz CT molecular complexity index is 944. The topological polar surface area (TPSA) is 63.2 Å². The second-order valence-corrected chi connectivity index (χ2v) is 6.17. The molecule has 0 aliphatic carbocycles. The van der Waals surface area contributed by atoms with E-state index in [1.807, 2.05) is 37.3 Å². The van der Waals surface area contributed by atoms with Gasteiger partial charge >= 0.3 is 0 Å². The zero-order valence-corrected chi connectivity index (χ0v) is 15.2. The fraction of sp³-hybridized carbons (Fsp3) is 0.100. The van der Waals surface area contributed by atoms with E-state index < -0.39 is 0 Å². The predicted molar refractivity (Wildman–Crippen MR) is 105 cm³/mol. The molecule has 0 fully saturated rings. The molecule has 0 bridgehead atoms. The highest BCUT2D eigenvalue weighted by Gasteiger charge is 2.10. The molecular weight excluding hydrogens is 350 g/mol. The number of methoxy groups -OCH3 is 1. The number of pyridine rings is 1. The molecule has 0 atom stereocenters. The lowest BCUT2D eigenvalue weighted by Crippen LogP contribution is -2.13. The molecule has 0 radical (unpaired) electrons. The van der Waals surface area contributed by atoms with Gasteiger partial charge in [0.15, 0.2) is 0 Å². The third kappa shape index (κ3) is 4.32. The van der Waals surface area contributed by atoms with Crippen LogP contribution in [0.15, 0.2) is 60.9 Å². The van der Waals surface area contributed by atoms with Crippen LogP contribution in [-0.4, -0.2) is 18.0 Å². The fourth-order valence-electron chi connectivity index (χ4n) is 2.42. The highest BCUT2D eigenvalue weighted by atomic mass is 35.5. The Balaban J connectivity index is 1.77. The van der Waals surface area contributed by atoms with E-state index in [-0.39, 0.29) is 5.91 Å². The molecule has 0 saturated heterocycles.